The first-order valence-electron chi connectivity index (χ1n) is 5.11. The van der Waals surface area contributed by atoms with Gasteiger partial charge in [-0.1, -0.05) is 24.3 Å². The van der Waals surface area contributed by atoms with Crippen molar-refractivity contribution in [1.29, 1.82) is 0 Å². The minimum Gasteiger partial charge on any atom is -0.389 e. The van der Waals surface area contributed by atoms with Gasteiger partial charge < -0.3 is 5.11 Å². The number of Topliss-reactive ketones (excluding diaryl/α,β-unsaturated/α-hetero) is 2. The molecule has 0 radical (unpaired) electrons. The van der Waals surface area contributed by atoms with Gasteiger partial charge in [0.15, 0.2) is 11.6 Å². The molecule has 3 heteroatoms. The van der Waals surface area contributed by atoms with Crippen LogP contribution in [0, 0.1) is 0 Å². The zero-order valence-electron chi connectivity index (χ0n) is 9.15. The SMILES string of the molecule is CC1=C(C(C)O)C(=O)c2ccccc2C1=O. The highest BCUT2D eigenvalue weighted by Crippen LogP contribution is 2.27. The van der Waals surface area contributed by atoms with E-state index in [-0.39, 0.29) is 17.1 Å². The van der Waals surface area contributed by atoms with E-state index < -0.39 is 6.10 Å². The lowest BCUT2D eigenvalue weighted by Crippen LogP contribution is -2.26. The van der Waals surface area contributed by atoms with Crippen LogP contribution in [0.3, 0.4) is 0 Å². The van der Waals surface area contributed by atoms with E-state index in [1.165, 1.54) is 6.92 Å². The lowest BCUT2D eigenvalue weighted by Gasteiger charge is -2.20. The van der Waals surface area contributed by atoms with Gasteiger partial charge in [0.05, 0.1) is 6.10 Å². The molecule has 0 fully saturated rings. The fraction of sp³-hybridized carbons (Fsp3) is 0.231. The van der Waals surface area contributed by atoms with Gasteiger partial charge >= 0.3 is 0 Å². The van der Waals surface area contributed by atoms with Crippen molar-refractivity contribution >= 4 is 11.6 Å². The predicted octanol–water partition coefficient (Wildman–Crippen LogP) is 1.76. The molecule has 3 nitrogen and oxygen atoms in total. The van der Waals surface area contributed by atoms with Crippen molar-refractivity contribution in [3.05, 3.63) is 46.5 Å². The zero-order valence-corrected chi connectivity index (χ0v) is 9.15. The van der Waals surface area contributed by atoms with Crippen LogP contribution in [0.2, 0.25) is 0 Å². The standard InChI is InChI=1S/C13H12O3/c1-7-11(8(2)14)13(16)10-6-4-3-5-9(10)12(7)15/h3-6,8,14H,1-2H3. The summed E-state index contributed by atoms with van der Waals surface area (Å²) in [7, 11) is 0. The summed E-state index contributed by atoms with van der Waals surface area (Å²) in [5.74, 6) is -0.422. The van der Waals surface area contributed by atoms with Crippen LogP contribution < -0.4 is 0 Å². The number of benzene rings is 1. The van der Waals surface area contributed by atoms with Gasteiger partial charge in [-0.15, -0.1) is 0 Å². The Hall–Kier alpha value is -1.74. The Morgan fingerprint density at radius 1 is 1.06 bits per heavy atom. The fourth-order valence-electron chi connectivity index (χ4n) is 2.02. The number of hydrogen-bond donors (Lipinski definition) is 1. The number of hydrogen-bond acceptors (Lipinski definition) is 3. The molecule has 1 N–H and O–H groups in total. The number of allylic oxidation sites excluding steroid dienone is 1. The third-order valence-corrected chi connectivity index (χ3v) is 2.82. The first kappa shape index (κ1) is 10.8. The first-order chi connectivity index (χ1) is 7.54. The van der Waals surface area contributed by atoms with Gasteiger partial charge in [0, 0.05) is 22.3 Å². The Labute approximate surface area is 93.4 Å². The topological polar surface area (TPSA) is 54.4 Å². The number of aliphatic hydroxyl groups is 1. The first-order valence-corrected chi connectivity index (χ1v) is 5.11. The van der Waals surface area contributed by atoms with E-state index in [9.17, 15) is 14.7 Å². The van der Waals surface area contributed by atoms with Gasteiger partial charge in [0.1, 0.15) is 0 Å². The van der Waals surface area contributed by atoms with Crippen LogP contribution in [0.1, 0.15) is 34.6 Å². The molecule has 1 aromatic rings. The van der Waals surface area contributed by atoms with Gasteiger partial charge in [-0.25, -0.2) is 0 Å². The summed E-state index contributed by atoms with van der Waals surface area (Å²) < 4.78 is 0. The summed E-state index contributed by atoms with van der Waals surface area (Å²) in [5.41, 5.74) is 1.37. The highest BCUT2D eigenvalue weighted by atomic mass is 16.3. The van der Waals surface area contributed by atoms with Crippen LogP contribution >= 0.6 is 0 Å². The number of carbonyl (C=O) groups excluding carboxylic acids is 2. The number of carbonyl (C=O) groups is 2. The summed E-state index contributed by atoms with van der Waals surface area (Å²) >= 11 is 0. The van der Waals surface area contributed by atoms with Gasteiger partial charge in [0.25, 0.3) is 0 Å². The molecule has 82 valence electrons. The molecule has 0 amide bonds. The summed E-state index contributed by atoms with van der Waals surface area (Å²) in [6, 6.07) is 6.69. The van der Waals surface area contributed by atoms with Crippen LogP contribution in [0.5, 0.6) is 0 Å². The highest BCUT2D eigenvalue weighted by molar-refractivity contribution is 6.27. The highest BCUT2D eigenvalue weighted by Gasteiger charge is 2.31. The van der Waals surface area contributed by atoms with Crippen molar-refractivity contribution in [2.75, 3.05) is 0 Å². The van der Waals surface area contributed by atoms with E-state index in [1.807, 2.05) is 0 Å². The molecule has 0 aromatic heterocycles. The summed E-state index contributed by atoms with van der Waals surface area (Å²) in [4.78, 5) is 24.0. The molecule has 0 aliphatic heterocycles. The molecule has 1 atom stereocenters. The van der Waals surface area contributed by atoms with Crippen molar-refractivity contribution in [1.82, 2.24) is 0 Å². The van der Waals surface area contributed by atoms with Crippen molar-refractivity contribution in [2.45, 2.75) is 20.0 Å². The predicted molar refractivity (Wildman–Crippen MR) is 59.5 cm³/mol. The minimum atomic E-state index is -0.912. The maximum Gasteiger partial charge on any atom is 0.192 e. The van der Waals surface area contributed by atoms with E-state index in [1.54, 1.807) is 31.2 Å². The number of aliphatic hydroxyl groups excluding tert-OH is 1. The van der Waals surface area contributed by atoms with Crippen LogP contribution in [0.4, 0.5) is 0 Å². The molecule has 0 saturated heterocycles. The Balaban J connectivity index is 2.68. The Morgan fingerprint density at radius 3 is 2.06 bits per heavy atom. The number of ketones is 2. The van der Waals surface area contributed by atoms with Crippen molar-refractivity contribution in [2.24, 2.45) is 0 Å². The number of rotatable bonds is 1. The molecular formula is C13H12O3. The smallest absolute Gasteiger partial charge is 0.192 e. The van der Waals surface area contributed by atoms with Crippen LogP contribution in [0.25, 0.3) is 0 Å². The van der Waals surface area contributed by atoms with Crippen molar-refractivity contribution < 1.29 is 14.7 Å². The van der Waals surface area contributed by atoms with Crippen LogP contribution in [-0.2, 0) is 0 Å². The second-order valence-electron chi connectivity index (χ2n) is 3.92. The Morgan fingerprint density at radius 2 is 1.56 bits per heavy atom. The zero-order chi connectivity index (χ0) is 11.9. The Bertz CT molecular complexity index is 510. The fourth-order valence-corrected chi connectivity index (χ4v) is 2.02. The van der Waals surface area contributed by atoms with Gasteiger partial charge in [-0.3, -0.25) is 9.59 Å². The van der Waals surface area contributed by atoms with Crippen LogP contribution in [0.15, 0.2) is 35.4 Å². The number of fused-ring (bicyclic) bond motifs is 1. The molecule has 0 spiro atoms. The molecule has 0 heterocycles. The average Bonchev–Trinajstić information content (AvgIpc) is 2.26. The summed E-state index contributed by atoms with van der Waals surface area (Å²) in [6.07, 6.45) is -0.912. The van der Waals surface area contributed by atoms with E-state index in [4.69, 9.17) is 0 Å². The Kier molecular flexibility index (Phi) is 2.48. The van der Waals surface area contributed by atoms with Crippen molar-refractivity contribution in [3.63, 3.8) is 0 Å². The molecule has 16 heavy (non-hydrogen) atoms. The lowest BCUT2D eigenvalue weighted by atomic mass is 9.83. The van der Waals surface area contributed by atoms with Gasteiger partial charge in [0.2, 0.25) is 0 Å². The second kappa shape index (κ2) is 3.68. The molecule has 0 bridgehead atoms. The average molecular weight is 216 g/mol. The molecule has 1 aliphatic carbocycles. The summed E-state index contributed by atoms with van der Waals surface area (Å²) in [5, 5.41) is 9.53. The lowest BCUT2D eigenvalue weighted by molar-refractivity contribution is 0.0944. The minimum absolute atomic E-state index is 0.175. The van der Waals surface area contributed by atoms with Gasteiger partial charge in [-0.2, -0.15) is 0 Å². The third-order valence-electron chi connectivity index (χ3n) is 2.82. The van der Waals surface area contributed by atoms with Crippen molar-refractivity contribution in [3.8, 4) is 0 Å². The largest absolute Gasteiger partial charge is 0.389 e. The molecule has 2 rings (SSSR count). The normalized spacial score (nSPS) is 17.4. The monoisotopic (exact) mass is 216 g/mol. The third kappa shape index (κ3) is 1.41. The molecule has 0 saturated carbocycles. The maximum absolute atomic E-state index is 12.0. The summed E-state index contributed by atoms with van der Waals surface area (Å²) in [6.45, 7) is 3.08. The maximum atomic E-state index is 12.0. The van der Waals surface area contributed by atoms with Gasteiger partial charge in [-0.05, 0) is 13.8 Å². The molecule has 1 unspecified atom stereocenters. The van der Waals surface area contributed by atoms with E-state index >= 15 is 0 Å². The molecular weight excluding hydrogens is 204 g/mol. The molecule has 1 aromatic carbocycles. The van der Waals surface area contributed by atoms with E-state index in [0.717, 1.165) is 0 Å². The van der Waals surface area contributed by atoms with Crippen LogP contribution in [-0.4, -0.2) is 22.8 Å². The van der Waals surface area contributed by atoms with E-state index in [0.29, 0.717) is 16.7 Å². The van der Waals surface area contributed by atoms with E-state index in [2.05, 4.69) is 0 Å². The molecule has 1 aliphatic rings. The quantitative estimate of drug-likeness (QED) is 0.778. The second-order valence-corrected chi connectivity index (χ2v) is 3.92.